The van der Waals surface area contributed by atoms with Crippen LogP contribution in [-0.2, 0) is 11.3 Å². The van der Waals surface area contributed by atoms with E-state index in [1.165, 1.54) is 18.7 Å². The second kappa shape index (κ2) is 16.5. The molecule has 1 saturated heterocycles. The first-order valence-corrected chi connectivity index (χ1v) is 11.3. The van der Waals surface area contributed by atoms with Gasteiger partial charge in [0, 0.05) is 71.5 Å². The summed E-state index contributed by atoms with van der Waals surface area (Å²) < 4.78 is 11.1. The summed E-state index contributed by atoms with van der Waals surface area (Å²) in [5.74, 6) is 1.77. The Morgan fingerprint density at radius 2 is 1.81 bits per heavy atom. The molecule has 0 spiro atoms. The largest absolute Gasteiger partial charge is 0.493 e. The van der Waals surface area contributed by atoms with E-state index in [0.29, 0.717) is 19.8 Å². The lowest BCUT2D eigenvalue weighted by Crippen LogP contribution is -2.49. The zero-order valence-corrected chi connectivity index (χ0v) is 22.1. The third kappa shape index (κ3) is 10.9. The normalized spacial score (nSPS) is 15.4. The molecule has 2 N–H and O–H groups in total. The molecule has 1 heterocycles. The van der Waals surface area contributed by atoms with Crippen LogP contribution in [0.4, 0.5) is 0 Å². The van der Waals surface area contributed by atoms with Gasteiger partial charge < -0.3 is 25.0 Å². The van der Waals surface area contributed by atoms with Crippen molar-refractivity contribution in [3.63, 3.8) is 0 Å². The summed E-state index contributed by atoms with van der Waals surface area (Å²) in [5, 5.41) is 6.83. The molecule has 1 aromatic carbocycles. The average Bonchev–Trinajstić information content (AvgIpc) is 2.76. The zero-order chi connectivity index (χ0) is 21.6. The number of halogens is 1. The minimum absolute atomic E-state index is 0. The highest BCUT2D eigenvalue weighted by atomic mass is 127. The smallest absolute Gasteiger partial charge is 0.191 e. The fraction of sp³-hybridized carbons (Fsp3) is 0.696. The highest BCUT2D eigenvalue weighted by molar-refractivity contribution is 14.0. The Bertz CT molecular complexity index is 636. The highest BCUT2D eigenvalue weighted by Gasteiger charge is 2.14. The van der Waals surface area contributed by atoms with E-state index in [1.54, 1.807) is 7.11 Å². The van der Waals surface area contributed by atoms with Crippen LogP contribution in [-0.4, -0.2) is 88.4 Å². The summed E-state index contributed by atoms with van der Waals surface area (Å²) in [5.41, 5.74) is 2.29. The molecule has 0 unspecified atom stereocenters. The molecule has 0 saturated carbocycles. The monoisotopic (exact) mass is 547 g/mol. The van der Waals surface area contributed by atoms with Gasteiger partial charge in [-0.25, -0.2) is 4.99 Å². The molecule has 0 aliphatic carbocycles. The summed E-state index contributed by atoms with van der Waals surface area (Å²) in [6.45, 7) is 16.9. The fourth-order valence-electron chi connectivity index (χ4n) is 3.48. The number of nitrogens with zero attached hydrogens (tertiary/aromatic N) is 3. The first-order chi connectivity index (χ1) is 14.7. The van der Waals surface area contributed by atoms with Crippen LogP contribution in [0.3, 0.4) is 0 Å². The Kier molecular flexibility index (Phi) is 14.9. The molecule has 7 nitrogen and oxygen atoms in total. The Labute approximate surface area is 206 Å². The maximum absolute atomic E-state index is 5.99. The van der Waals surface area contributed by atoms with Gasteiger partial charge in [-0.1, -0.05) is 19.1 Å². The van der Waals surface area contributed by atoms with Gasteiger partial charge in [-0.3, -0.25) is 4.90 Å². The molecular weight excluding hydrogens is 505 g/mol. The molecule has 0 aromatic heterocycles. The van der Waals surface area contributed by atoms with Crippen LogP contribution in [0, 0.1) is 6.92 Å². The molecule has 0 bridgehead atoms. The molecule has 1 aromatic rings. The second-order valence-corrected chi connectivity index (χ2v) is 7.70. The maximum atomic E-state index is 5.99. The number of guanidine groups is 1. The second-order valence-electron chi connectivity index (χ2n) is 7.70. The summed E-state index contributed by atoms with van der Waals surface area (Å²) in [7, 11) is 1.72. The number of likely N-dealkylation sites (N-methyl/N-ethyl adjacent to an activating group) is 1. The highest BCUT2D eigenvalue weighted by Crippen LogP contribution is 2.21. The van der Waals surface area contributed by atoms with Gasteiger partial charge in [0.1, 0.15) is 5.75 Å². The molecule has 178 valence electrons. The van der Waals surface area contributed by atoms with E-state index < -0.39 is 0 Å². The number of hydrogen-bond donors (Lipinski definition) is 2. The quantitative estimate of drug-likeness (QED) is 0.182. The van der Waals surface area contributed by atoms with Crippen molar-refractivity contribution in [1.29, 1.82) is 0 Å². The van der Waals surface area contributed by atoms with Crippen molar-refractivity contribution in [2.75, 3.05) is 72.7 Å². The molecule has 0 atom stereocenters. The standard InChI is InChI=1S/C23H41N5O2.HI/c1-5-24-23(25-10-11-28-14-12-27(6-2)13-15-28)26-19-21-9-8-20(3)18-22(21)30-17-7-16-29-4;/h8-9,18H,5-7,10-17,19H2,1-4H3,(H2,24,25,26);1H. The lowest BCUT2D eigenvalue weighted by atomic mass is 10.1. The fourth-order valence-corrected chi connectivity index (χ4v) is 3.48. The predicted molar refractivity (Wildman–Crippen MR) is 140 cm³/mol. The minimum Gasteiger partial charge on any atom is -0.493 e. The molecule has 8 heteroatoms. The van der Waals surface area contributed by atoms with Crippen LogP contribution < -0.4 is 15.4 Å². The molecule has 0 amide bonds. The number of piperazine rings is 1. The minimum atomic E-state index is 0. The number of nitrogens with one attached hydrogen (secondary N) is 2. The van der Waals surface area contributed by atoms with Crippen LogP contribution >= 0.6 is 24.0 Å². The van der Waals surface area contributed by atoms with Gasteiger partial charge in [0.2, 0.25) is 0 Å². The lowest BCUT2D eigenvalue weighted by Gasteiger charge is -2.34. The van der Waals surface area contributed by atoms with Crippen LogP contribution in [0.1, 0.15) is 31.4 Å². The summed E-state index contributed by atoms with van der Waals surface area (Å²) in [4.78, 5) is 9.82. The first-order valence-electron chi connectivity index (χ1n) is 11.3. The van der Waals surface area contributed by atoms with Gasteiger partial charge in [0.25, 0.3) is 0 Å². The predicted octanol–water partition coefficient (Wildman–Crippen LogP) is 2.72. The number of hydrogen-bond acceptors (Lipinski definition) is 5. The van der Waals surface area contributed by atoms with E-state index in [4.69, 9.17) is 14.5 Å². The van der Waals surface area contributed by atoms with E-state index in [9.17, 15) is 0 Å². The number of benzene rings is 1. The van der Waals surface area contributed by atoms with Gasteiger partial charge in [0.15, 0.2) is 5.96 Å². The van der Waals surface area contributed by atoms with Crippen molar-refractivity contribution in [1.82, 2.24) is 20.4 Å². The van der Waals surface area contributed by atoms with Crippen LogP contribution in [0.5, 0.6) is 5.75 Å². The molecule has 1 aliphatic rings. The van der Waals surface area contributed by atoms with Crippen molar-refractivity contribution in [3.8, 4) is 5.75 Å². The Morgan fingerprint density at radius 1 is 1.06 bits per heavy atom. The van der Waals surface area contributed by atoms with Gasteiger partial charge in [-0.2, -0.15) is 0 Å². The van der Waals surface area contributed by atoms with Crippen molar-refractivity contribution in [2.24, 2.45) is 4.99 Å². The Hall–Kier alpha value is -1.10. The molecule has 1 aliphatic heterocycles. The molecular formula is C23H42IN5O2. The van der Waals surface area contributed by atoms with Crippen LogP contribution in [0.2, 0.25) is 0 Å². The van der Waals surface area contributed by atoms with Crippen molar-refractivity contribution in [2.45, 2.75) is 33.7 Å². The van der Waals surface area contributed by atoms with Crippen LogP contribution in [0.25, 0.3) is 0 Å². The summed E-state index contributed by atoms with van der Waals surface area (Å²) >= 11 is 0. The zero-order valence-electron chi connectivity index (χ0n) is 19.8. The Morgan fingerprint density at radius 3 is 2.48 bits per heavy atom. The molecule has 1 fully saturated rings. The van der Waals surface area contributed by atoms with E-state index in [-0.39, 0.29) is 24.0 Å². The van der Waals surface area contributed by atoms with E-state index in [0.717, 1.165) is 63.0 Å². The number of ether oxygens (including phenoxy) is 2. The van der Waals surface area contributed by atoms with Crippen LogP contribution in [0.15, 0.2) is 23.2 Å². The van der Waals surface area contributed by atoms with Gasteiger partial charge in [-0.05, 0) is 32.0 Å². The number of aliphatic imine (C=N–C) groups is 1. The SMILES string of the molecule is CCNC(=NCc1ccc(C)cc1OCCCOC)NCCN1CCN(CC)CC1.I. The molecule has 31 heavy (non-hydrogen) atoms. The number of aryl methyl sites for hydroxylation is 1. The maximum Gasteiger partial charge on any atom is 0.191 e. The molecule has 2 rings (SSSR count). The molecule has 0 radical (unpaired) electrons. The third-order valence-electron chi connectivity index (χ3n) is 5.36. The van der Waals surface area contributed by atoms with E-state index >= 15 is 0 Å². The summed E-state index contributed by atoms with van der Waals surface area (Å²) in [6.07, 6.45) is 0.879. The summed E-state index contributed by atoms with van der Waals surface area (Å²) in [6, 6.07) is 6.32. The lowest BCUT2D eigenvalue weighted by molar-refractivity contribution is 0.139. The van der Waals surface area contributed by atoms with E-state index in [1.807, 2.05) is 0 Å². The van der Waals surface area contributed by atoms with Gasteiger partial charge in [-0.15, -0.1) is 24.0 Å². The van der Waals surface area contributed by atoms with Crippen molar-refractivity contribution >= 4 is 29.9 Å². The van der Waals surface area contributed by atoms with E-state index in [2.05, 4.69) is 59.4 Å². The average molecular weight is 548 g/mol. The topological polar surface area (TPSA) is 61.4 Å². The Balaban J connectivity index is 0.00000480. The van der Waals surface area contributed by atoms with Crippen molar-refractivity contribution < 1.29 is 9.47 Å². The van der Waals surface area contributed by atoms with Crippen molar-refractivity contribution in [3.05, 3.63) is 29.3 Å². The number of rotatable bonds is 12. The van der Waals surface area contributed by atoms with Gasteiger partial charge in [0.05, 0.1) is 13.2 Å². The number of methoxy groups -OCH3 is 1. The first kappa shape index (κ1) is 27.9. The third-order valence-corrected chi connectivity index (χ3v) is 5.36. The van der Waals surface area contributed by atoms with Gasteiger partial charge >= 0.3 is 0 Å².